The van der Waals surface area contributed by atoms with Crippen LogP contribution in [0.25, 0.3) is 0 Å². The predicted molar refractivity (Wildman–Crippen MR) is 112 cm³/mol. The number of carbonyl (C=O) groups is 1. The number of aryl methyl sites for hydroxylation is 3. The fourth-order valence-corrected chi connectivity index (χ4v) is 6.94. The molecule has 3 nitrogen and oxygen atoms in total. The van der Waals surface area contributed by atoms with E-state index < -0.39 is 0 Å². The summed E-state index contributed by atoms with van der Waals surface area (Å²) in [6, 6.07) is 4.51. The van der Waals surface area contributed by atoms with E-state index in [1.54, 1.807) is 0 Å². The van der Waals surface area contributed by atoms with E-state index in [4.69, 9.17) is 0 Å². The van der Waals surface area contributed by atoms with Gasteiger partial charge in [-0.1, -0.05) is 17.7 Å². The van der Waals surface area contributed by atoms with E-state index in [1.165, 1.54) is 44.1 Å². The topological polar surface area (TPSA) is 41.1 Å². The molecule has 0 spiro atoms. The Hall–Kier alpha value is -1.35. The molecule has 4 bridgehead atoms. The minimum Gasteiger partial charge on any atom is -0.324 e. The molecule has 1 aromatic carbocycles. The molecule has 0 unspecified atom stereocenters. The molecule has 4 aliphatic rings. The quantitative estimate of drug-likeness (QED) is 0.756. The van der Waals surface area contributed by atoms with Crippen LogP contribution >= 0.6 is 0 Å². The van der Waals surface area contributed by atoms with Crippen LogP contribution in [0.1, 0.15) is 69.1 Å². The van der Waals surface area contributed by atoms with Crippen LogP contribution in [0.2, 0.25) is 0 Å². The number of hydrogen-bond donors (Lipinski definition) is 2. The van der Waals surface area contributed by atoms with Crippen molar-refractivity contribution < 1.29 is 4.79 Å². The number of nitrogens with one attached hydrogen (secondary N) is 2. The van der Waals surface area contributed by atoms with Gasteiger partial charge >= 0.3 is 0 Å². The lowest BCUT2D eigenvalue weighted by Gasteiger charge is -2.59. The Morgan fingerprint density at radius 3 is 1.93 bits per heavy atom. The molecular weight excluding hydrogens is 332 g/mol. The molecule has 0 heterocycles. The molecule has 3 heteroatoms. The molecule has 0 aromatic heterocycles. The lowest BCUT2D eigenvalue weighted by Crippen LogP contribution is -2.57. The molecule has 27 heavy (non-hydrogen) atoms. The minimum absolute atomic E-state index is 0.0848. The van der Waals surface area contributed by atoms with Crippen LogP contribution in [0.15, 0.2) is 12.1 Å². The van der Waals surface area contributed by atoms with Crippen molar-refractivity contribution in [2.75, 3.05) is 5.32 Å². The SMILES string of the molecule is Cc1cc(C)c(NC(=O)[C@H](C)N[C@H](C)C23CC4CC(CC(C4)C2)C3)c(C)c1. The fourth-order valence-electron chi connectivity index (χ4n) is 6.94. The molecule has 2 atom stereocenters. The van der Waals surface area contributed by atoms with Gasteiger partial charge in [0.15, 0.2) is 0 Å². The molecule has 1 amide bonds. The van der Waals surface area contributed by atoms with E-state index in [2.05, 4.69) is 50.5 Å². The van der Waals surface area contributed by atoms with Gasteiger partial charge in [0.2, 0.25) is 5.91 Å². The van der Waals surface area contributed by atoms with Gasteiger partial charge in [0.25, 0.3) is 0 Å². The van der Waals surface area contributed by atoms with Gasteiger partial charge in [0.05, 0.1) is 6.04 Å². The van der Waals surface area contributed by atoms with E-state index in [-0.39, 0.29) is 11.9 Å². The standard InChI is InChI=1S/C24H36N2O/c1-14-6-15(2)22(16(3)7-14)26-23(27)17(4)25-18(5)24-11-19-8-20(12-24)10-21(9-19)13-24/h6-7,17-21,25H,8-13H2,1-5H3,(H,26,27)/t17-,18+,19?,20?,21?,24?/m0/s1. The Morgan fingerprint density at radius 1 is 0.963 bits per heavy atom. The maximum Gasteiger partial charge on any atom is 0.241 e. The van der Waals surface area contributed by atoms with Crippen molar-refractivity contribution in [3.8, 4) is 0 Å². The van der Waals surface area contributed by atoms with Gasteiger partial charge in [-0.2, -0.15) is 0 Å². The minimum atomic E-state index is -0.173. The molecule has 4 saturated carbocycles. The van der Waals surface area contributed by atoms with Gasteiger partial charge in [0.1, 0.15) is 0 Å². The molecule has 2 N–H and O–H groups in total. The maximum absolute atomic E-state index is 12.9. The zero-order valence-corrected chi connectivity index (χ0v) is 17.7. The molecule has 4 fully saturated rings. The van der Waals surface area contributed by atoms with E-state index in [0.29, 0.717) is 11.5 Å². The highest BCUT2D eigenvalue weighted by Gasteiger charge is 2.53. The van der Waals surface area contributed by atoms with Crippen LogP contribution in [-0.4, -0.2) is 18.0 Å². The predicted octanol–water partition coefficient (Wildman–Crippen LogP) is 5.13. The van der Waals surface area contributed by atoms with Gasteiger partial charge < -0.3 is 10.6 Å². The Labute approximate surface area is 164 Å². The largest absolute Gasteiger partial charge is 0.324 e. The second-order valence-corrected chi connectivity index (χ2v) is 10.2. The lowest BCUT2D eigenvalue weighted by molar-refractivity contribution is -0.119. The summed E-state index contributed by atoms with van der Waals surface area (Å²) >= 11 is 0. The smallest absolute Gasteiger partial charge is 0.241 e. The van der Waals surface area contributed by atoms with Crippen molar-refractivity contribution in [3.05, 3.63) is 28.8 Å². The average molecular weight is 369 g/mol. The first-order valence-electron chi connectivity index (χ1n) is 10.9. The van der Waals surface area contributed by atoms with Gasteiger partial charge in [-0.05, 0) is 107 Å². The van der Waals surface area contributed by atoms with Crippen LogP contribution in [-0.2, 0) is 4.79 Å². The summed E-state index contributed by atoms with van der Waals surface area (Å²) in [6.45, 7) is 10.6. The monoisotopic (exact) mass is 368 g/mol. The van der Waals surface area contributed by atoms with Crippen molar-refractivity contribution in [1.82, 2.24) is 5.32 Å². The number of carbonyl (C=O) groups excluding carboxylic acids is 1. The van der Waals surface area contributed by atoms with Gasteiger partial charge in [-0.25, -0.2) is 0 Å². The Bertz CT molecular complexity index is 680. The third kappa shape index (κ3) is 3.55. The number of anilines is 1. The molecule has 0 aliphatic heterocycles. The van der Waals surface area contributed by atoms with E-state index in [1.807, 2.05) is 6.92 Å². The Kier molecular flexibility index (Phi) is 4.86. The first kappa shape index (κ1) is 19.0. The molecule has 5 rings (SSSR count). The van der Waals surface area contributed by atoms with Crippen molar-refractivity contribution in [3.63, 3.8) is 0 Å². The Balaban J connectivity index is 1.42. The highest BCUT2D eigenvalue weighted by molar-refractivity contribution is 5.96. The number of hydrogen-bond acceptors (Lipinski definition) is 2. The maximum atomic E-state index is 12.9. The van der Waals surface area contributed by atoms with Crippen molar-refractivity contribution >= 4 is 11.6 Å². The molecule has 0 saturated heterocycles. The summed E-state index contributed by atoms with van der Waals surface area (Å²) in [5.41, 5.74) is 4.93. The fraction of sp³-hybridized carbons (Fsp3) is 0.708. The van der Waals surface area contributed by atoms with Crippen molar-refractivity contribution in [2.24, 2.45) is 23.2 Å². The van der Waals surface area contributed by atoms with Crippen LogP contribution in [0.3, 0.4) is 0 Å². The molecule has 1 aromatic rings. The van der Waals surface area contributed by atoms with Crippen LogP contribution in [0.4, 0.5) is 5.69 Å². The van der Waals surface area contributed by atoms with E-state index >= 15 is 0 Å². The van der Waals surface area contributed by atoms with Crippen LogP contribution < -0.4 is 10.6 Å². The van der Waals surface area contributed by atoms with E-state index in [0.717, 1.165) is 34.6 Å². The average Bonchev–Trinajstić information content (AvgIpc) is 2.56. The number of benzene rings is 1. The van der Waals surface area contributed by atoms with Gasteiger partial charge in [-0.3, -0.25) is 4.79 Å². The highest BCUT2D eigenvalue weighted by Crippen LogP contribution is 2.61. The summed E-state index contributed by atoms with van der Waals surface area (Å²) < 4.78 is 0. The molecule has 4 aliphatic carbocycles. The number of amides is 1. The second kappa shape index (κ2) is 6.92. The lowest BCUT2D eigenvalue weighted by atomic mass is 9.48. The van der Waals surface area contributed by atoms with Crippen molar-refractivity contribution in [2.45, 2.75) is 85.2 Å². The van der Waals surface area contributed by atoms with Gasteiger partial charge in [0, 0.05) is 11.7 Å². The molecular formula is C24H36N2O. The van der Waals surface area contributed by atoms with E-state index in [9.17, 15) is 4.79 Å². The third-order valence-corrected chi connectivity index (χ3v) is 7.82. The molecule has 148 valence electrons. The summed E-state index contributed by atoms with van der Waals surface area (Å²) in [5.74, 6) is 2.93. The molecule has 0 radical (unpaired) electrons. The second-order valence-electron chi connectivity index (χ2n) is 10.2. The van der Waals surface area contributed by atoms with Crippen LogP contribution in [0.5, 0.6) is 0 Å². The summed E-state index contributed by atoms with van der Waals surface area (Å²) in [6.07, 6.45) is 8.52. The zero-order chi connectivity index (χ0) is 19.3. The van der Waals surface area contributed by atoms with Crippen LogP contribution in [0, 0.1) is 43.9 Å². The summed E-state index contributed by atoms with van der Waals surface area (Å²) in [5, 5.41) is 6.88. The number of rotatable bonds is 5. The highest BCUT2D eigenvalue weighted by atomic mass is 16.2. The zero-order valence-electron chi connectivity index (χ0n) is 17.7. The summed E-state index contributed by atoms with van der Waals surface area (Å²) in [4.78, 5) is 12.9. The summed E-state index contributed by atoms with van der Waals surface area (Å²) in [7, 11) is 0. The third-order valence-electron chi connectivity index (χ3n) is 7.82. The van der Waals surface area contributed by atoms with Gasteiger partial charge in [-0.15, -0.1) is 0 Å². The normalized spacial score (nSPS) is 33.7. The Morgan fingerprint density at radius 2 is 1.44 bits per heavy atom. The van der Waals surface area contributed by atoms with Crippen molar-refractivity contribution in [1.29, 1.82) is 0 Å². The first-order chi connectivity index (χ1) is 12.8. The first-order valence-corrected chi connectivity index (χ1v) is 10.9.